The molecule has 0 radical (unpaired) electrons. The van der Waals surface area contributed by atoms with Crippen molar-refractivity contribution in [1.82, 2.24) is 4.90 Å². The van der Waals surface area contributed by atoms with Gasteiger partial charge in [0.2, 0.25) is 0 Å². The smallest absolute Gasteiger partial charge is 0.305 e. The van der Waals surface area contributed by atoms with Crippen LogP contribution in [-0.4, -0.2) is 42.4 Å². The van der Waals surface area contributed by atoms with E-state index in [0.29, 0.717) is 6.42 Å². The van der Waals surface area contributed by atoms with Crippen LogP contribution in [0.25, 0.3) is 0 Å². The number of rotatable bonds is 6. The molecule has 21 heavy (non-hydrogen) atoms. The Hall–Kier alpha value is -2.51. The van der Waals surface area contributed by atoms with Crippen LogP contribution in [-0.2, 0) is 9.53 Å². The fourth-order valence-electron chi connectivity index (χ4n) is 1.71. The van der Waals surface area contributed by atoms with Crippen LogP contribution in [0.4, 0.5) is 10.1 Å². The van der Waals surface area contributed by atoms with E-state index in [1.54, 1.807) is 0 Å². The van der Waals surface area contributed by atoms with Crippen LogP contribution in [0.2, 0.25) is 0 Å². The zero-order chi connectivity index (χ0) is 16.0. The van der Waals surface area contributed by atoms with Gasteiger partial charge in [-0.05, 0) is 18.6 Å². The second-order valence-electron chi connectivity index (χ2n) is 4.32. The maximum atomic E-state index is 13.2. The fraction of sp³-hybridized carbons (Fsp3) is 0.385. The number of carbonyl (C=O) groups is 2. The van der Waals surface area contributed by atoms with Crippen LogP contribution in [0, 0.1) is 15.9 Å². The van der Waals surface area contributed by atoms with Gasteiger partial charge in [-0.1, -0.05) is 0 Å². The molecule has 0 N–H and O–H groups in total. The number of hydrogen-bond donors (Lipinski definition) is 0. The quantitative estimate of drug-likeness (QED) is 0.453. The van der Waals surface area contributed by atoms with E-state index in [4.69, 9.17) is 0 Å². The molecule has 0 fully saturated rings. The standard InChI is InChI=1S/C13H15FN2O5/c1-15(7-3-4-12(17)21-2)13(18)10-8-9(14)5-6-11(10)16(19)20/h5-6,8H,3-4,7H2,1-2H3. The van der Waals surface area contributed by atoms with Gasteiger partial charge in [0.1, 0.15) is 11.4 Å². The number of benzene rings is 1. The Morgan fingerprint density at radius 3 is 2.67 bits per heavy atom. The number of halogens is 1. The van der Waals surface area contributed by atoms with Crippen LogP contribution in [0.1, 0.15) is 23.2 Å². The molecule has 0 aliphatic carbocycles. The molecule has 7 nitrogen and oxygen atoms in total. The summed E-state index contributed by atoms with van der Waals surface area (Å²) in [5.74, 6) is -1.81. The molecule has 0 aliphatic rings. The third-order valence-electron chi connectivity index (χ3n) is 2.83. The first-order valence-electron chi connectivity index (χ1n) is 6.13. The summed E-state index contributed by atoms with van der Waals surface area (Å²) >= 11 is 0. The topological polar surface area (TPSA) is 89.8 Å². The first kappa shape index (κ1) is 16.5. The number of nitrogens with zero attached hydrogens (tertiary/aromatic N) is 2. The van der Waals surface area contributed by atoms with Gasteiger partial charge in [-0.2, -0.15) is 0 Å². The first-order chi connectivity index (χ1) is 9.86. The molecule has 1 amide bonds. The lowest BCUT2D eigenvalue weighted by Gasteiger charge is -2.16. The summed E-state index contributed by atoms with van der Waals surface area (Å²) < 4.78 is 17.6. The van der Waals surface area contributed by atoms with Gasteiger partial charge in [-0.25, -0.2) is 4.39 Å². The summed E-state index contributed by atoms with van der Waals surface area (Å²) in [6, 6.07) is 2.70. The number of hydrogen-bond acceptors (Lipinski definition) is 5. The zero-order valence-electron chi connectivity index (χ0n) is 11.7. The Bertz CT molecular complexity index is 561. The van der Waals surface area contributed by atoms with Crippen molar-refractivity contribution < 1.29 is 23.6 Å². The summed E-state index contributed by atoms with van der Waals surface area (Å²) in [6.07, 6.45) is 0.470. The summed E-state index contributed by atoms with van der Waals surface area (Å²) in [4.78, 5) is 34.4. The van der Waals surface area contributed by atoms with Gasteiger partial charge in [0.15, 0.2) is 0 Å². The maximum Gasteiger partial charge on any atom is 0.305 e. The molecule has 0 aromatic heterocycles. The lowest BCUT2D eigenvalue weighted by Crippen LogP contribution is -2.28. The minimum absolute atomic E-state index is 0.124. The van der Waals surface area contributed by atoms with E-state index in [-0.39, 0.29) is 18.5 Å². The van der Waals surface area contributed by atoms with Gasteiger partial charge < -0.3 is 9.64 Å². The van der Waals surface area contributed by atoms with Crippen LogP contribution < -0.4 is 0 Å². The monoisotopic (exact) mass is 298 g/mol. The van der Waals surface area contributed by atoms with Crippen molar-refractivity contribution in [3.05, 3.63) is 39.7 Å². The second kappa shape index (κ2) is 7.32. The number of carbonyl (C=O) groups excluding carboxylic acids is 2. The van der Waals surface area contributed by atoms with E-state index >= 15 is 0 Å². The molecule has 0 unspecified atom stereocenters. The highest BCUT2D eigenvalue weighted by atomic mass is 19.1. The molecule has 0 saturated heterocycles. The van der Waals surface area contributed by atoms with Gasteiger partial charge in [0, 0.05) is 26.1 Å². The zero-order valence-corrected chi connectivity index (χ0v) is 11.7. The van der Waals surface area contributed by atoms with Crippen LogP contribution in [0.15, 0.2) is 18.2 Å². The summed E-state index contributed by atoms with van der Waals surface area (Å²) in [7, 11) is 2.68. The van der Waals surface area contributed by atoms with Crippen molar-refractivity contribution >= 4 is 17.6 Å². The van der Waals surface area contributed by atoms with Crippen molar-refractivity contribution in [2.45, 2.75) is 12.8 Å². The van der Waals surface area contributed by atoms with E-state index in [9.17, 15) is 24.1 Å². The number of ether oxygens (including phenoxy) is 1. The van der Waals surface area contributed by atoms with E-state index < -0.39 is 28.3 Å². The molecule has 1 aromatic rings. The number of nitro benzene ring substituents is 1. The Balaban J connectivity index is 2.80. The van der Waals surface area contributed by atoms with Gasteiger partial charge >= 0.3 is 5.97 Å². The minimum atomic E-state index is -0.741. The van der Waals surface area contributed by atoms with E-state index in [1.807, 2.05) is 0 Å². The van der Waals surface area contributed by atoms with Gasteiger partial charge in [0.05, 0.1) is 12.0 Å². The molecule has 1 aromatic carbocycles. The Kier molecular flexibility index (Phi) is 5.77. The Labute approximate surface area is 120 Å². The average Bonchev–Trinajstić information content (AvgIpc) is 2.45. The predicted molar refractivity (Wildman–Crippen MR) is 71.3 cm³/mol. The highest BCUT2D eigenvalue weighted by molar-refractivity contribution is 5.98. The minimum Gasteiger partial charge on any atom is -0.469 e. The summed E-state index contributed by atoms with van der Waals surface area (Å²) in [5.41, 5.74) is -0.776. The van der Waals surface area contributed by atoms with Gasteiger partial charge in [-0.3, -0.25) is 19.7 Å². The molecule has 0 atom stereocenters. The third-order valence-corrected chi connectivity index (χ3v) is 2.83. The second-order valence-corrected chi connectivity index (χ2v) is 4.32. The number of nitro groups is 1. The normalized spacial score (nSPS) is 10.0. The maximum absolute atomic E-state index is 13.2. The number of esters is 1. The molecule has 0 saturated carbocycles. The molecule has 8 heteroatoms. The first-order valence-corrected chi connectivity index (χ1v) is 6.13. The molecule has 1 rings (SSSR count). The van der Waals surface area contributed by atoms with E-state index in [0.717, 1.165) is 18.2 Å². The van der Waals surface area contributed by atoms with Crippen molar-refractivity contribution in [3.8, 4) is 0 Å². The predicted octanol–water partition coefficient (Wildman–Crippen LogP) is 1.76. The number of amides is 1. The number of methoxy groups -OCH3 is 1. The van der Waals surface area contributed by atoms with Crippen LogP contribution in [0.5, 0.6) is 0 Å². The van der Waals surface area contributed by atoms with Crippen LogP contribution >= 0.6 is 0 Å². The van der Waals surface area contributed by atoms with Gasteiger partial charge in [0.25, 0.3) is 11.6 Å². The third kappa shape index (κ3) is 4.51. The molecule has 0 aliphatic heterocycles. The lowest BCUT2D eigenvalue weighted by molar-refractivity contribution is -0.385. The molecule has 0 heterocycles. The van der Waals surface area contributed by atoms with Crippen LogP contribution in [0.3, 0.4) is 0 Å². The van der Waals surface area contributed by atoms with Crippen molar-refractivity contribution in [3.63, 3.8) is 0 Å². The average molecular weight is 298 g/mol. The summed E-state index contributed by atoms with van der Waals surface area (Å²) in [5, 5.41) is 10.9. The largest absolute Gasteiger partial charge is 0.469 e. The fourth-order valence-corrected chi connectivity index (χ4v) is 1.71. The van der Waals surface area contributed by atoms with Crippen molar-refractivity contribution in [1.29, 1.82) is 0 Å². The van der Waals surface area contributed by atoms with Crippen molar-refractivity contribution in [2.75, 3.05) is 20.7 Å². The molecule has 114 valence electrons. The molecule has 0 spiro atoms. The molecular weight excluding hydrogens is 283 g/mol. The van der Waals surface area contributed by atoms with Gasteiger partial charge in [-0.15, -0.1) is 0 Å². The molecule has 0 bridgehead atoms. The van der Waals surface area contributed by atoms with E-state index in [2.05, 4.69) is 4.74 Å². The summed E-state index contributed by atoms with van der Waals surface area (Å²) in [6.45, 7) is 0.196. The highest BCUT2D eigenvalue weighted by Crippen LogP contribution is 2.21. The Morgan fingerprint density at radius 2 is 2.10 bits per heavy atom. The highest BCUT2D eigenvalue weighted by Gasteiger charge is 2.23. The Morgan fingerprint density at radius 1 is 1.43 bits per heavy atom. The lowest BCUT2D eigenvalue weighted by atomic mass is 10.1. The molecular formula is C13H15FN2O5. The van der Waals surface area contributed by atoms with E-state index in [1.165, 1.54) is 19.1 Å². The SMILES string of the molecule is COC(=O)CCCN(C)C(=O)c1cc(F)ccc1[N+](=O)[O-]. The van der Waals surface area contributed by atoms with Crippen molar-refractivity contribution in [2.24, 2.45) is 0 Å².